The number of rotatable bonds is 14. The number of amides is 3. The quantitative estimate of drug-likeness (QED) is 0.146. The lowest BCUT2D eigenvalue weighted by Gasteiger charge is -2.35. The minimum absolute atomic E-state index is 0.0494. The molecule has 1 saturated heterocycles. The molecule has 1 aliphatic heterocycles. The molecule has 3 heterocycles. The highest BCUT2D eigenvalue weighted by Gasteiger charge is 2.27. The molecule has 0 spiro atoms. The summed E-state index contributed by atoms with van der Waals surface area (Å²) in [5.74, 6) is -2.94. The van der Waals surface area contributed by atoms with Gasteiger partial charge in [0.25, 0.3) is 18.3 Å². The Morgan fingerprint density at radius 1 is 0.982 bits per heavy atom. The van der Waals surface area contributed by atoms with E-state index in [0.717, 1.165) is 19.4 Å². The molecule has 4 aromatic rings. The number of nitrogens with one attached hydrogen (secondary N) is 2. The van der Waals surface area contributed by atoms with E-state index in [1.165, 1.54) is 54.1 Å². The number of anilines is 1. The van der Waals surface area contributed by atoms with E-state index in [1.807, 2.05) is 0 Å². The highest BCUT2D eigenvalue weighted by Crippen LogP contribution is 2.33. The number of aromatic nitrogens is 4. The van der Waals surface area contributed by atoms with Crippen LogP contribution in [0.3, 0.4) is 0 Å². The number of nitrogens with zero attached hydrogens (tertiary/aromatic N) is 6. The van der Waals surface area contributed by atoms with Crippen molar-refractivity contribution in [2.75, 3.05) is 73.0 Å². The Bertz CT molecular complexity index is 1980. The topological polar surface area (TPSA) is 145 Å². The van der Waals surface area contributed by atoms with Crippen molar-refractivity contribution in [2.24, 2.45) is 7.05 Å². The zero-order chi connectivity index (χ0) is 40.2. The molecular formula is C38H48ClF2N8O6+. The predicted molar refractivity (Wildman–Crippen MR) is 203 cm³/mol. The number of aryl methyl sites for hydroxylation is 1. The maximum atomic E-state index is 15.5. The average molecular weight is 786 g/mol. The van der Waals surface area contributed by atoms with Crippen LogP contribution in [0.1, 0.15) is 45.9 Å². The van der Waals surface area contributed by atoms with Gasteiger partial charge < -0.3 is 34.1 Å². The van der Waals surface area contributed by atoms with Crippen LogP contribution >= 0.6 is 11.6 Å². The molecule has 2 aromatic carbocycles. The fraction of sp³-hybridized carbons (Fsp3) is 0.421. The summed E-state index contributed by atoms with van der Waals surface area (Å²) in [5.41, 5.74) is 1.80. The second-order valence-corrected chi connectivity index (χ2v) is 13.7. The van der Waals surface area contributed by atoms with Crippen molar-refractivity contribution < 1.29 is 42.3 Å². The molecule has 55 heavy (non-hydrogen) atoms. The first-order chi connectivity index (χ1) is 26.3. The summed E-state index contributed by atoms with van der Waals surface area (Å²) >= 11 is 6.51. The zero-order valence-electron chi connectivity index (χ0n) is 32.0. The maximum absolute atomic E-state index is 15.5. The van der Waals surface area contributed by atoms with E-state index in [0.29, 0.717) is 69.2 Å². The molecule has 1 aliphatic rings. The Kier molecular flexibility index (Phi) is 15.4. The van der Waals surface area contributed by atoms with E-state index in [4.69, 9.17) is 21.1 Å². The third-order valence-corrected chi connectivity index (χ3v) is 9.41. The SMILES string of the molecule is COC=O.COCCn1cc(-c2ccc(-c3cnc(C(=O)Nc4ccc(C(=O)N5CCN(C(=O)CCCC[NH+](C)C)CC5)c(Cl)c4)n3C)c(F)c2F)c(C)n1. The van der Waals surface area contributed by atoms with Gasteiger partial charge >= 0.3 is 0 Å². The molecule has 2 N–H and O–H groups in total. The number of carbonyl (C=O) groups excluding carboxylic acids is 4. The number of unbranched alkanes of at least 4 members (excludes halogenated alkanes) is 1. The number of piperazine rings is 1. The lowest BCUT2D eigenvalue weighted by Crippen LogP contribution is -3.05. The van der Waals surface area contributed by atoms with Crippen LogP contribution in [0, 0.1) is 18.6 Å². The predicted octanol–water partition coefficient (Wildman–Crippen LogP) is 3.48. The molecule has 14 nitrogen and oxygen atoms in total. The summed E-state index contributed by atoms with van der Waals surface area (Å²) in [7, 11) is 8.59. The first kappa shape index (κ1) is 42.6. The van der Waals surface area contributed by atoms with E-state index in [2.05, 4.69) is 34.2 Å². The monoisotopic (exact) mass is 785 g/mol. The van der Waals surface area contributed by atoms with Gasteiger partial charge in [-0.2, -0.15) is 5.10 Å². The molecule has 0 atom stereocenters. The smallest absolute Gasteiger partial charge is 0.292 e. The molecule has 0 radical (unpaired) electrons. The third kappa shape index (κ3) is 10.7. The van der Waals surface area contributed by atoms with Crippen molar-refractivity contribution in [1.29, 1.82) is 0 Å². The lowest BCUT2D eigenvalue weighted by atomic mass is 10.0. The fourth-order valence-corrected chi connectivity index (χ4v) is 6.36. The molecular weight excluding hydrogens is 738 g/mol. The number of carbonyl (C=O) groups is 4. The molecule has 0 aliphatic carbocycles. The highest BCUT2D eigenvalue weighted by molar-refractivity contribution is 6.34. The van der Waals surface area contributed by atoms with E-state index in [9.17, 15) is 14.4 Å². The highest BCUT2D eigenvalue weighted by atomic mass is 35.5. The van der Waals surface area contributed by atoms with Crippen molar-refractivity contribution >= 4 is 41.5 Å². The zero-order valence-corrected chi connectivity index (χ0v) is 32.7. The van der Waals surface area contributed by atoms with Gasteiger partial charge in [-0.25, -0.2) is 13.8 Å². The Hall–Kier alpha value is -5.19. The van der Waals surface area contributed by atoms with Gasteiger partial charge in [-0.1, -0.05) is 17.7 Å². The maximum Gasteiger partial charge on any atom is 0.292 e. The van der Waals surface area contributed by atoms with Crippen LogP contribution in [0.2, 0.25) is 5.02 Å². The Morgan fingerprint density at radius 2 is 1.64 bits per heavy atom. The number of benzene rings is 2. The van der Waals surface area contributed by atoms with Crippen molar-refractivity contribution in [3.05, 3.63) is 76.5 Å². The Morgan fingerprint density at radius 3 is 2.27 bits per heavy atom. The molecule has 0 unspecified atom stereocenters. The molecule has 3 amide bonds. The number of quaternary nitrogens is 1. The molecule has 17 heteroatoms. The van der Waals surface area contributed by atoms with Gasteiger partial charge in [0, 0.05) is 75.3 Å². The van der Waals surface area contributed by atoms with Gasteiger partial charge in [-0.05, 0) is 44.0 Å². The molecule has 2 aromatic heterocycles. The van der Waals surface area contributed by atoms with Gasteiger partial charge in [-0.15, -0.1) is 0 Å². The van der Waals surface area contributed by atoms with Crippen molar-refractivity contribution in [1.82, 2.24) is 29.1 Å². The van der Waals surface area contributed by atoms with Crippen molar-refractivity contribution in [3.8, 4) is 22.4 Å². The minimum atomic E-state index is -1.08. The molecule has 0 bridgehead atoms. The summed E-state index contributed by atoms with van der Waals surface area (Å²) < 4.78 is 42.8. The van der Waals surface area contributed by atoms with Gasteiger partial charge in [0.05, 0.1) is 69.1 Å². The summed E-state index contributed by atoms with van der Waals surface area (Å²) in [6.07, 6.45) is 5.29. The first-order valence-corrected chi connectivity index (χ1v) is 18.2. The normalized spacial score (nSPS) is 12.7. The van der Waals surface area contributed by atoms with Crippen molar-refractivity contribution in [2.45, 2.75) is 32.7 Å². The number of halogens is 3. The number of hydrogen-bond acceptors (Lipinski definition) is 8. The molecule has 0 saturated carbocycles. The van der Waals surface area contributed by atoms with Gasteiger partial charge in [0.1, 0.15) is 0 Å². The minimum Gasteiger partial charge on any atom is -0.471 e. The Labute approximate surface area is 323 Å². The Balaban J connectivity index is 0.00000160. The lowest BCUT2D eigenvalue weighted by molar-refractivity contribution is -0.858. The van der Waals surface area contributed by atoms with E-state index in [1.54, 1.807) is 40.8 Å². The first-order valence-electron chi connectivity index (χ1n) is 17.8. The number of methoxy groups -OCH3 is 2. The van der Waals surface area contributed by atoms with Crippen molar-refractivity contribution in [3.63, 3.8) is 0 Å². The average Bonchev–Trinajstić information content (AvgIpc) is 3.74. The number of imidazole rings is 1. The summed E-state index contributed by atoms with van der Waals surface area (Å²) in [6, 6.07) is 7.49. The van der Waals surface area contributed by atoms with Crippen LogP contribution in [0.15, 0.2) is 42.7 Å². The fourth-order valence-electron chi connectivity index (χ4n) is 6.10. The number of ether oxygens (including phenoxy) is 2. The van der Waals surface area contributed by atoms with Crippen LogP contribution in [0.5, 0.6) is 0 Å². The summed E-state index contributed by atoms with van der Waals surface area (Å²) in [6.45, 7) is 5.72. The third-order valence-electron chi connectivity index (χ3n) is 9.10. The second kappa shape index (κ2) is 19.9. The standard InChI is InChI=1S/C36H43ClF2N8O4.C2H4O2/c1-23-28(22-47(42-23)18-19-51-5)25-11-12-27(33(39)32(25)38)30-21-40-34(44(30)4)35(49)41-24-9-10-26(29(37)20-24)36(50)46-16-14-45(15-17-46)31(48)8-6-7-13-43(2)3;1-4-2-3/h9-12,20-22H,6-8,13-19H2,1-5H3,(H,41,49);2H,1H3/p+1. The summed E-state index contributed by atoms with van der Waals surface area (Å²) in [4.78, 5) is 57.1. The molecule has 296 valence electrons. The molecule has 1 fully saturated rings. The van der Waals surface area contributed by atoms with E-state index in [-0.39, 0.29) is 45.0 Å². The van der Waals surface area contributed by atoms with Crippen LogP contribution < -0.4 is 10.2 Å². The van der Waals surface area contributed by atoms with E-state index >= 15 is 8.78 Å². The van der Waals surface area contributed by atoms with Crippen LogP contribution in [0.25, 0.3) is 22.4 Å². The summed E-state index contributed by atoms with van der Waals surface area (Å²) in [5, 5.41) is 7.22. The van der Waals surface area contributed by atoms with Gasteiger partial charge in [-0.3, -0.25) is 23.9 Å². The van der Waals surface area contributed by atoms with Crippen LogP contribution in [-0.4, -0.2) is 121 Å². The second-order valence-electron chi connectivity index (χ2n) is 13.3. The molecule has 5 rings (SSSR count). The van der Waals surface area contributed by atoms with Gasteiger partial charge in [0.15, 0.2) is 17.5 Å². The van der Waals surface area contributed by atoms with E-state index < -0.39 is 17.5 Å². The number of hydrogen-bond donors (Lipinski definition) is 2. The largest absolute Gasteiger partial charge is 0.471 e. The van der Waals surface area contributed by atoms with Gasteiger partial charge in [0.2, 0.25) is 5.91 Å². The van der Waals surface area contributed by atoms with Crippen LogP contribution in [0.4, 0.5) is 14.5 Å². The van der Waals surface area contributed by atoms with Crippen LogP contribution in [-0.2, 0) is 32.7 Å².